The molecule has 224 valence electrons. The minimum absolute atomic E-state index is 0.0545. The van der Waals surface area contributed by atoms with Crippen LogP contribution in [0.1, 0.15) is 24.2 Å². The number of carbonyl (C=O) groups excluding carboxylic acids is 2. The lowest BCUT2D eigenvalue weighted by Gasteiger charge is -2.38. The van der Waals surface area contributed by atoms with E-state index >= 15 is 0 Å². The summed E-state index contributed by atoms with van der Waals surface area (Å²) < 4.78 is 47.5. The standard InChI is InChI=1S/C29H32ClFN4O6S/c1-18-15-35(19(2)17-36)28(37)24-5-4-6-25(33-29(38)32-22-11-9-21(31)10-12-22)27(24)41-26(18)16-34(3)42(39,40)23-13-7-20(30)8-14-23/h4-14,18-19,26,36H,15-17H2,1-3H3,(H2,32,33,38)/t18-,19-,26-/m0/s1. The number of likely N-dealkylation sites (N-methyl/N-ethyl adjacent to an activating group) is 1. The van der Waals surface area contributed by atoms with Gasteiger partial charge in [-0.25, -0.2) is 17.6 Å². The zero-order chi connectivity index (χ0) is 30.6. The number of benzene rings is 3. The van der Waals surface area contributed by atoms with E-state index in [9.17, 15) is 27.5 Å². The Morgan fingerprint density at radius 3 is 2.45 bits per heavy atom. The number of hydrogen-bond acceptors (Lipinski definition) is 6. The summed E-state index contributed by atoms with van der Waals surface area (Å²) in [7, 11) is -2.49. The number of amides is 3. The normalized spacial score (nSPS) is 18.0. The molecule has 13 heteroatoms. The van der Waals surface area contributed by atoms with Gasteiger partial charge in [-0.3, -0.25) is 4.79 Å². The number of ether oxygens (including phenoxy) is 1. The molecule has 3 N–H and O–H groups in total. The van der Waals surface area contributed by atoms with Gasteiger partial charge in [0.15, 0.2) is 5.75 Å². The molecular formula is C29H32ClFN4O6S. The molecule has 0 bridgehead atoms. The first kappa shape index (κ1) is 31.2. The van der Waals surface area contributed by atoms with Gasteiger partial charge in [-0.1, -0.05) is 24.6 Å². The molecular weight excluding hydrogens is 587 g/mol. The van der Waals surface area contributed by atoms with E-state index in [-0.39, 0.29) is 47.5 Å². The Labute approximate surface area is 249 Å². The van der Waals surface area contributed by atoms with Crippen LogP contribution in [-0.2, 0) is 10.0 Å². The van der Waals surface area contributed by atoms with E-state index in [1.165, 1.54) is 60.5 Å². The Hall–Kier alpha value is -3.71. The smallest absolute Gasteiger partial charge is 0.323 e. The highest BCUT2D eigenvalue weighted by Gasteiger charge is 2.36. The quantitative estimate of drug-likeness (QED) is 0.337. The number of fused-ring (bicyclic) bond motifs is 1. The number of aliphatic hydroxyl groups excluding tert-OH is 1. The van der Waals surface area contributed by atoms with Crippen molar-refractivity contribution in [3.05, 3.63) is 83.1 Å². The third-order valence-corrected chi connectivity index (χ3v) is 9.09. The van der Waals surface area contributed by atoms with Crippen molar-refractivity contribution < 1.29 is 32.2 Å². The monoisotopic (exact) mass is 618 g/mol. The van der Waals surface area contributed by atoms with Crippen molar-refractivity contribution in [2.24, 2.45) is 5.92 Å². The van der Waals surface area contributed by atoms with Gasteiger partial charge in [-0.2, -0.15) is 4.31 Å². The van der Waals surface area contributed by atoms with Crippen LogP contribution in [0, 0.1) is 11.7 Å². The molecule has 1 aliphatic rings. The number of halogens is 2. The minimum atomic E-state index is -3.92. The largest absolute Gasteiger partial charge is 0.486 e. The SMILES string of the molecule is C[C@H]1CN([C@@H](C)CO)C(=O)c2cccc(NC(=O)Nc3ccc(F)cc3)c2O[C@H]1CN(C)S(=O)(=O)c1ccc(Cl)cc1. The van der Waals surface area contributed by atoms with Crippen LogP contribution in [-0.4, -0.2) is 73.6 Å². The molecule has 3 aromatic rings. The summed E-state index contributed by atoms with van der Waals surface area (Å²) in [6.07, 6.45) is -0.763. The topological polar surface area (TPSA) is 128 Å². The molecule has 3 atom stereocenters. The maximum absolute atomic E-state index is 13.7. The van der Waals surface area contributed by atoms with Crippen molar-refractivity contribution >= 4 is 44.9 Å². The van der Waals surface area contributed by atoms with Crippen LogP contribution in [0.25, 0.3) is 0 Å². The predicted octanol–water partition coefficient (Wildman–Crippen LogP) is 4.66. The van der Waals surface area contributed by atoms with Crippen molar-refractivity contribution in [2.45, 2.75) is 30.9 Å². The summed E-state index contributed by atoms with van der Waals surface area (Å²) in [5.41, 5.74) is 0.641. The predicted molar refractivity (Wildman–Crippen MR) is 158 cm³/mol. The van der Waals surface area contributed by atoms with Gasteiger partial charge in [0, 0.05) is 30.2 Å². The van der Waals surface area contributed by atoms with Crippen LogP contribution >= 0.6 is 11.6 Å². The van der Waals surface area contributed by atoms with Gasteiger partial charge in [-0.05, 0) is 67.6 Å². The van der Waals surface area contributed by atoms with E-state index in [4.69, 9.17) is 16.3 Å². The van der Waals surface area contributed by atoms with E-state index in [1.807, 2.05) is 6.92 Å². The van der Waals surface area contributed by atoms with Crippen molar-refractivity contribution in [2.75, 3.05) is 37.4 Å². The van der Waals surface area contributed by atoms with Crippen LogP contribution in [0.3, 0.4) is 0 Å². The second-order valence-electron chi connectivity index (χ2n) is 10.1. The number of nitrogens with one attached hydrogen (secondary N) is 2. The Morgan fingerprint density at radius 2 is 1.81 bits per heavy atom. The van der Waals surface area contributed by atoms with Gasteiger partial charge in [0.25, 0.3) is 5.91 Å². The third-order valence-electron chi connectivity index (χ3n) is 7.00. The molecule has 0 radical (unpaired) electrons. The Balaban J connectivity index is 1.68. The number of para-hydroxylation sites is 1. The number of carbonyl (C=O) groups is 2. The average Bonchev–Trinajstić information content (AvgIpc) is 2.96. The number of urea groups is 1. The second-order valence-corrected chi connectivity index (χ2v) is 12.6. The van der Waals surface area contributed by atoms with E-state index < -0.39 is 39.9 Å². The second kappa shape index (κ2) is 13.1. The maximum Gasteiger partial charge on any atom is 0.323 e. The van der Waals surface area contributed by atoms with Crippen molar-refractivity contribution in [3.63, 3.8) is 0 Å². The molecule has 1 heterocycles. The van der Waals surface area contributed by atoms with Crippen molar-refractivity contribution in [3.8, 4) is 5.75 Å². The fourth-order valence-electron chi connectivity index (χ4n) is 4.52. The Morgan fingerprint density at radius 1 is 1.14 bits per heavy atom. The minimum Gasteiger partial charge on any atom is -0.486 e. The molecule has 10 nitrogen and oxygen atoms in total. The molecule has 0 spiro atoms. The maximum atomic E-state index is 13.7. The molecule has 1 aliphatic heterocycles. The number of hydrogen-bond donors (Lipinski definition) is 3. The van der Waals surface area contributed by atoms with E-state index in [0.717, 1.165) is 4.31 Å². The fourth-order valence-corrected chi connectivity index (χ4v) is 5.82. The summed E-state index contributed by atoms with van der Waals surface area (Å²) in [6, 6.07) is 14.5. The van der Waals surface area contributed by atoms with Gasteiger partial charge >= 0.3 is 6.03 Å². The molecule has 4 rings (SSSR count). The number of anilines is 2. The zero-order valence-electron chi connectivity index (χ0n) is 23.3. The lowest BCUT2D eigenvalue weighted by atomic mass is 9.99. The lowest BCUT2D eigenvalue weighted by Crippen LogP contribution is -2.50. The Bertz CT molecular complexity index is 1540. The Kier molecular flexibility index (Phi) is 9.72. The average molecular weight is 619 g/mol. The number of rotatable bonds is 8. The fraction of sp³-hybridized carbons (Fsp3) is 0.310. The molecule has 3 aromatic carbocycles. The van der Waals surface area contributed by atoms with Crippen LogP contribution in [0.2, 0.25) is 5.02 Å². The summed E-state index contributed by atoms with van der Waals surface area (Å²) in [6.45, 7) is 3.33. The molecule has 0 aliphatic carbocycles. The summed E-state index contributed by atoms with van der Waals surface area (Å²) in [5.74, 6) is -1.20. The molecule has 0 saturated carbocycles. The van der Waals surface area contributed by atoms with Gasteiger partial charge in [0.2, 0.25) is 10.0 Å². The van der Waals surface area contributed by atoms with E-state index in [0.29, 0.717) is 10.7 Å². The van der Waals surface area contributed by atoms with Crippen LogP contribution < -0.4 is 15.4 Å². The molecule has 0 unspecified atom stereocenters. The molecule has 3 amide bonds. The van der Waals surface area contributed by atoms with Crippen LogP contribution in [0.5, 0.6) is 5.75 Å². The first-order valence-electron chi connectivity index (χ1n) is 13.2. The summed E-state index contributed by atoms with van der Waals surface area (Å²) in [4.78, 5) is 28.1. The van der Waals surface area contributed by atoms with Gasteiger partial charge in [-0.15, -0.1) is 0 Å². The van der Waals surface area contributed by atoms with Crippen LogP contribution in [0.15, 0.2) is 71.6 Å². The van der Waals surface area contributed by atoms with Gasteiger partial charge < -0.3 is 25.4 Å². The summed E-state index contributed by atoms with van der Waals surface area (Å²) >= 11 is 5.93. The van der Waals surface area contributed by atoms with Gasteiger partial charge in [0.1, 0.15) is 11.9 Å². The van der Waals surface area contributed by atoms with Crippen LogP contribution in [0.4, 0.5) is 20.6 Å². The molecule has 0 aromatic heterocycles. The molecule has 42 heavy (non-hydrogen) atoms. The number of aliphatic hydroxyl groups is 1. The first-order valence-corrected chi connectivity index (χ1v) is 15.0. The van der Waals surface area contributed by atoms with Crippen molar-refractivity contribution in [1.82, 2.24) is 9.21 Å². The zero-order valence-corrected chi connectivity index (χ0v) is 24.8. The summed E-state index contributed by atoms with van der Waals surface area (Å²) in [5, 5.41) is 15.6. The van der Waals surface area contributed by atoms with E-state index in [1.54, 1.807) is 25.1 Å². The molecule has 0 fully saturated rings. The third kappa shape index (κ3) is 7.01. The molecule has 0 saturated heterocycles. The number of sulfonamides is 1. The highest BCUT2D eigenvalue weighted by Crippen LogP contribution is 2.35. The van der Waals surface area contributed by atoms with Crippen molar-refractivity contribution in [1.29, 1.82) is 0 Å². The first-order chi connectivity index (χ1) is 19.9. The lowest BCUT2D eigenvalue weighted by molar-refractivity contribution is 0.0389. The highest BCUT2D eigenvalue weighted by atomic mass is 35.5. The van der Waals surface area contributed by atoms with Gasteiger partial charge in [0.05, 0.1) is 35.3 Å². The number of nitrogens with zero attached hydrogens (tertiary/aromatic N) is 2. The highest BCUT2D eigenvalue weighted by molar-refractivity contribution is 7.89. The van der Waals surface area contributed by atoms with E-state index in [2.05, 4.69) is 10.6 Å².